The van der Waals surface area contributed by atoms with Gasteiger partial charge in [0, 0.05) is 25.0 Å². The Hall–Kier alpha value is -3.50. The molecular formula is C21H22ClN7O3. The van der Waals surface area contributed by atoms with Crippen LogP contribution < -0.4 is 11.1 Å². The van der Waals surface area contributed by atoms with Crippen molar-refractivity contribution in [2.24, 2.45) is 5.73 Å². The number of carbonyl (C=O) groups is 3. The molecule has 1 atom stereocenters. The summed E-state index contributed by atoms with van der Waals surface area (Å²) in [5.74, 6) is -1.00. The molecule has 0 spiro atoms. The van der Waals surface area contributed by atoms with Crippen molar-refractivity contribution in [1.29, 1.82) is 0 Å². The van der Waals surface area contributed by atoms with Gasteiger partial charge in [0.25, 0.3) is 5.91 Å². The summed E-state index contributed by atoms with van der Waals surface area (Å²) in [5.41, 5.74) is 6.17. The molecule has 10 nitrogen and oxygen atoms in total. The summed E-state index contributed by atoms with van der Waals surface area (Å²) < 4.78 is 1.45. The maximum atomic E-state index is 13.2. The van der Waals surface area contributed by atoms with Gasteiger partial charge < -0.3 is 20.9 Å². The minimum absolute atomic E-state index is 0.105. The fourth-order valence-electron chi connectivity index (χ4n) is 3.78. The third-order valence-electron chi connectivity index (χ3n) is 5.35. The highest BCUT2D eigenvalue weighted by molar-refractivity contribution is 6.29. The lowest BCUT2D eigenvalue weighted by atomic mass is 10.1. The van der Waals surface area contributed by atoms with Crippen LogP contribution in [0.5, 0.6) is 0 Å². The number of nitrogens with two attached hydrogens (primary N) is 1. The molecule has 166 valence electrons. The summed E-state index contributed by atoms with van der Waals surface area (Å²) in [6.45, 7) is 1.23. The Kier molecular flexibility index (Phi) is 6.06. The smallest absolute Gasteiger partial charge is 0.269 e. The average Bonchev–Trinajstić information content (AvgIpc) is 3.12. The van der Waals surface area contributed by atoms with E-state index in [4.69, 9.17) is 17.3 Å². The topological polar surface area (TPSA) is 126 Å². The molecule has 4 rings (SSSR count). The first-order valence-corrected chi connectivity index (χ1v) is 10.4. The third kappa shape index (κ3) is 4.41. The van der Waals surface area contributed by atoms with Crippen LogP contribution in [0.15, 0.2) is 42.5 Å². The number of carbonyl (C=O) groups excluding carboxylic acids is 3. The van der Waals surface area contributed by atoms with E-state index in [-0.39, 0.29) is 29.2 Å². The molecule has 3 N–H and O–H groups in total. The lowest BCUT2D eigenvalue weighted by Crippen LogP contribution is -2.59. The maximum Gasteiger partial charge on any atom is 0.269 e. The zero-order valence-corrected chi connectivity index (χ0v) is 18.1. The van der Waals surface area contributed by atoms with Crippen molar-refractivity contribution in [3.63, 3.8) is 0 Å². The fourth-order valence-corrected chi connectivity index (χ4v) is 3.94. The summed E-state index contributed by atoms with van der Waals surface area (Å²) >= 11 is 5.90. The molecule has 3 heterocycles. The van der Waals surface area contributed by atoms with E-state index in [0.717, 1.165) is 0 Å². The molecule has 3 amide bonds. The number of hydrogen-bond donors (Lipinski definition) is 2. The van der Waals surface area contributed by atoms with Gasteiger partial charge in [0.15, 0.2) is 5.69 Å². The van der Waals surface area contributed by atoms with Crippen LogP contribution in [0.2, 0.25) is 5.15 Å². The van der Waals surface area contributed by atoms with Crippen molar-refractivity contribution >= 4 is 46.0 Å². The van der Waals surface area contributed by atoms with E-state index in [9.17, 15) is 14.4 Å². The van der Waals surface area contributed by atoms with Crippen LogP contribution in [0.1, 0.15) is 10.5 Å². The van der Waals surface area contributed by atoms with Crippen LogP contribution in [0.25, 0.3) is 10.9 Å². The highest BCUT2D eigenvalue weighted by Gasteiger charge is 2.35. The van der Waals surface area contributed by atoms with E-state index in [1.54, 1.807) is 42.5 Å². The minimum atomic E-state index is -0.723. The van der Waals surface area contributed by atoms with Crippen LogP contribution in [0, 0.1) is 0 Å². The minimum Gasteiger partial charge on any atom is -0.364 e. The number of likely N-dealkylation sites (N-methyl/N-ethyl adjacent to an activating group) is 1. The number of fused-ring (bicyclic) bond motifs is 1. The predicted octanol–water partition coefficient (Wildman–Crippen LogP) is 0.965. The first-order valence-electron chi connectivity index (χ1n) is 10.0. The molecule has 11 heteroatoms. The standard InChI is InChI=1S/C21H22ClN7O3/c1-27-9-10-28(15(11-27)21(32)25-17-8-4-7-16(22)24-17)18(30)12-29-14-6-3-2-5-13(14)19(26-29)20(23)31/h2-8,15H,9-12H2,1H3,(H2,23,31)(H,24,25,32)/t15-/m0/s1. The van der Waals surface area contributed by atoms with Gasteiger partial charge in [-0.2, -0.15) is 5.10 Å². The maximum absolute atomic E-state index is 13.2. The molecule has 0 bridgehead atoms. The SMILES string of the molecule is CN1CCN(C(=O)Cn2nc(C(N)=O)c3ccccc32)[C@H](C(=O)Nc2cccc(Cl)n2)C1. The molecule has 3 aromatic rings. The number of amides is 3. The second-order valence-electron chi connectivity index (χ2n) is 7.59. The molecule has 0 unspecified atom stereocenters. The van der Waals surface area contributed by atoms with Crippen LogP contribution in [0.4, 0.5) is 5.82 Å². The number of piperazine rings is 1. The third-order valence-corrected chi connectivity index (χ3v) is 5.56. The second-order valence-corrected chi connectivity index (χ2v) is 7.97. The van der Waals surface area contributed by atoms with E-state index in [1.807, 2.05) is 11.9 Å². The van der Waals surface area contributed by atoms with Crippen molar-refractivity contribution < 1.29 is 14.4 Å². The van der Waals surface area contributed by atoms with Crippen molar-refractivity contribution in [2.75, 3.05) is 32.0 Å². The molecule has 1 fully saturated rings. The lowest BCUT2D eigenvalue weighted by Gasteiger charge is -2.39. The van der Waals surface area contributed by atoms with Gasteiger partial charge >= 0.3 is 0 Å². The van der Waals surface area contributed by atoms with Crippen LogP contribution in [-0.2, 0) is 16.1 Å². The van der Waals surface area contributed by atoms with Crippen LogP contribution >= 0.6 is 11.6 Å². The summed E-state index contributed by atoms with van der Waals surface area (Å²) in [6, 6.07) is 11.3. The van der Waals surface area contributed by atoms with Crippen molar-refractivity contribution in [2.45, 2.75) is 12.6 Å². The van der Waals surface area contributed by atoms with Gasteiger partial charge in [0.05, 0.1) is 5.52 Å². The molecule has 1 aromatic carbocycles. The summed E-state index contributed by atoms with van der Waals surface area (Å²) in [5, 5.41) is 7.81. The van der Waals surface area contributed by atoms with Crippen LogP contribution in [0.3, 0.4) is 0 Å². The average molecular weight is 456 g/mol. The summed E-state index contributed by atoms with van der Waals surface area (Å²) in [7, 11) is 1.89. The van der Waals surface area contributed by atoms with Gasteiger partial charge in [-0.15, -0.1) is 0 Å². The van der Waals surface area contributed by atoms with E-state index >= 15 is 0 Å². The van der Waals surface area contributed by atoms with Gasteiger partial charge in [-0.25, -0.2) is 4.98 Å². The zero-order valence-electron chi connectivity index (χ0n) is 17.4. The number of benzene rings is 1. The fraction of sp³-hybridized carbons (Fsp3) is 0.286. The first kappa shape index (κ1) is 21.7. The molecule has 1 aliphatic rings. The van der Waals surface area contributed by atoms with Gasteiger partial charge in [-0.3, -0.25) is 19.1 Å². The quantitative estimate of drug-likeness (QED) is 0.552. The number of nitrogens with one attached hydrogen (secondary N) is 1. The van der Waals surface area contributed by atoms with E-state index in [2.05, 4.69) is 15.4 Å². The Morgan fingerprint density at radius 1 is 1.16 bits per heavy atom. The van der Waals surface area contributed by atoms with Gasteiger partial charge in [0.1, 0.15) is 23.6 Å². The first-order chi connectivity index (χ1) is 15.3. The number of para-hydroxylation sites is 1. The number of aromatic nitrogens is 3. The highest BCUT2D eigenvalue weighted by Crippen LogP contribution is 2.19. The number of hydrogen-bond acceptors (Lipinski definition) is 6. The molecule has 0 radical (unpaired) electrons. The molecule has 1 aliphatic heterocycles. The van der Waals surface area contributed by atoms with Crippen molar-refractivity contribution in [3.8, 4) is 0 Å². The molecule has 0 aliphatic carbocycles. The number of halogens is 1. The summed E-state index contributed by atoms with van der Waals surface area (Å²) in [6.07, 6.45) is 0. The molecule has 32 heavy (non-hydrogen) atoms. The molecular weight excluding hydrogens is 434 g/mol. The zero-order chi connectivity index (χ0) is 22.8. The second kappa shape index (κ2) is 8.93. The Bertz CT molecular complexity index is 1200. The predicted molar refractivity (Wildman–Crippen MR) is 119 cm³/mol. The number of primary amides is 1. The molecule has 2 aromatic heterocycles. The highest BCUT2D eigenvalue weighted by atomic mass is 35.5. The number of rotatable bonds is 5. The van der Waals surface area contributed by atoms with E-state index in [1.165, 1.54) is 9.58 Å². The van der Waals surface area contributed by atoms with E-state index in [0.29, 0.717) is 36.4 Å². The Balaban J connectivity index is 1.57. The van der Waals surface area contributed by atoms with Gasteiger partial charge in [-0.1, -0.05) is 35.9 Å². The van der Waals surface area contributed by atoms with Crippen LogP contribution in [-0.4, -0.2) is 75.0 Å². The number of nitrogens with zero attached hydrogens (tertiary/aromatic N) is 5. The normalized spacial score (nSPS) is 16.8. The molecule has 1 saturated heterocycles. The number of anilines is 1. The number of pyridine rings is 1. The van der Waals surface area contributed by atoms with Crippen molar-refractivity contribution in [3.05, 3.63) is 53.3 Å². The Morgan fingerprint density at radius 3 is 2.69 bits per heavy atom. The van der Waals surface area contributed by atoms with Crippen molar-refractivity contribution in [1.82, 2.24) is 24.6 Å². The molecule has 0 saturated carbocycles. The van der Waals surface area contributed by atoms with Gasteiger partial charge in [-0.05, 0) is 25.2 Å². The largest absolute Gasteiger partial charge is 0.364 e. The monoisotopic (exact) mass is 455 g/mol. The Morgan fingerprint density at radius 2 is 1.94 bits per heavy atom. The summed E-state index contributed by atoms with van der Waals surface area (Å²) in [4.78, 5) is 45.6. The Labute approximate surface area is 188 Å². The lowest BCUT2D eigenvalue weighted by molar-refractivity contribution is -0.142. The van der Waals surface area contributed by atoms with E-state index < -0.39 is 11.9 Å². The van der Waals surface area contributed by atoms with Gasteiger partial charge in [0.2, 0.25) is 11.8 Å².